The van der Waals surface area contributed by atoms with E-state index in [-0.39, 0.29) is 6.17 Å². The van der Waals surface area contributed by atoms with E-state index in [2.05, 4.69) is 115 Å². The summed E-state index contributed by atoms with van der Waals surface area (Å²) in [4.78, 5) is 7.18. The topological polar surface area (TPSA) is 9.72 Å². The fraction of sp³-hybridized carbons (Fsp3) is 0.280. The molecule has 28 heavy (non-hydrogen) atoms. The summed E-state index contributed by atoms with van der Waals surface area (Å²) in [5, 5.41) is 0. The summed E-state index contributed by atoms with van der Waals surface area (Å²) < 4.78 is 0. The Bertz CT molecular complexity index is 858. The number of nitrogens with zero attached hydrogens (tertiary/aromatic N) is 3. The highest BCUT2D eigenvalue weighted by atomic mass is 15.4. The number of aryl methyl sites for hydroxylation is 2. The van der Waals surface area contributed by atoms with Gasteiger partial charge in [-0.1, -0.05) is 47.5 Å². The van der Waals surface area contributed by atoms with Gasteiger partial charge in [0.1, 0.15) is 6.17 Å². The van der Waals surface area contributed by atoms with Gasteiger partial charge in [0, 0.05) is 44.2 Å². The van der Waals surface area contributed by atoms with E-state index in [4.69, 9.17) is 0 Å². The third-order valence-electron chi connectivity index (χ3n) is 5.61. The van der Waals surface area contributed by atoms with Crippen LogP contribution in [0.25, 0.3) is 0 Å². The molecule has 1 aliphatic rings. The Labute approximate surface area is 168 Å². The molecule has 4 rings (SSSR count). The average molecular weight is 372 g/mol. The zero-order valence-corrected chi connectivity index (χ0v) is 17.3. The minimum atomic E-state index is 0.196. The maximum Gasteiger partial charge on any atom is 0.128 e. The van der Waals surface area contributed by atoms with Crippen LogP contribution in [0.5, 0.6) is 0 Å². The molecule has 1 fully saturated rings. The molecular weight excluding hydrogens is 342 g/mol. The van der Waals surface area contributed by atoms with Gasteiger partial charge in [-0.15, -0.1) is 0 Å². The van der Waals surface area contributed by atoms with Crippen LogP contribution >= 0.6 is 0 Å². The average Bonchev–Trinajstić information content (AvgIpc) is 3.14. The van der Waals surface area contributed by atoms with E-state index in [0.29, 0.717) is 0 Å². The highest BCUT2D eigenvalue weighted by Gasteiger charge is 2.33. The molecule has 0 aromatic heterocycles. The summed E-state index contributed by atoms with van der Waals surface area (Å²) in [7, 11) is 4.17. The Morgan fingerprint density at radius 1 is 0.643 bits per heavy atom. The van der Waals surface area contributed by atoms with Crippen molar-refractivity contribution < 1.29 is 0 Å². The highest BCUT2D eigenvalue weighted by molar-refractivity contribution is 5.60. The second-order valence-corrected chi connectivity index (χ2v) is 7.92. The van der Waals surface area contributed by atoms with Crippen LogP contribution in [0.2, 0.25) is 0 Å². The lowest BCUT2D eigenvalue weighted by atomic mass is 10.1. The van der Waals surface area contributed by atoms with Gasteiger partial charge in [0.05, 0.1) is 0 Å². The van der Waals surface area contributed by atoms with Crippen LogP contribution in [-0.4, -0.2) is 27.2 Å². The van der Waals surface area contributed by atoms with Gasteiger partial charge in [0.25, 0.3) is 0 Å². The minimum absolute atomic E-state index is 0.196. The molecule has 0 amide bonds. The van der Waals surface area contributed by atoms with Crippen LogP contribution in [0.15, 0.2) is 72.8 Å². The van der Waals surface area contributed by atoms with Gasteiger partial charge < -0.3 is 14.7 Å². The van der Waals surface area contributed by atoms with E-state index < -0.39 is 0 Å². The van der Waals surface area contributed by atoms with Crippen molar-refractivity contribution in [2.75, 3.05) is 41.9 Å². The Kier molecular flexibility index (Phi) is 4.99. The van der Waals surface area contributed by atoms with Crippen molar-refractivity contribution in [3.8, 4) is 0 Å². The fourth-order valence-corrected chi connectivity index (χ4v) is 3.95. The molecule has 0 aliphatic carbocycles. The lowest BCUT2D eigenvalue weighted by molar-refractivity contribution is 0.717. The lowest BCUT2D eigenvalue weighted by Gasteiger charge is -2.33. The second kappa shape index (κ2) is 7.59. The Hall–Kier alpha value is -2.94. The molecule has 3 aromatic carbocycles. The molecule has 0 spiro atoms. The van der Waals surface area contributed by atoms with Crippen molar-refractivity contribution >= 4 is 17.1 Å². The molecule has 3 nitrogen and oxygen atoms in total. The zero-order chi connectivity index (χ0) is 19.7. The number of anilines is 3. The molecule has 0 N–H and O–H groups in total. The molecule has 3 aromatic rings. The van der Waals surface area contributed by atoms with E-state index in [1.807, 2.05) is 0 Å². The largest absolute Gasteiger partial charge is 0.378 e. The minimum Gasteiger partial charge on any atom is -0.378 e. The monoisotopic (exact) mass is 371 g/mol. The fourth-order valence-electron chi connectivity index (χ4n) is 3.95. The predicted molar refractivity (Wildman–Crippen MR) is 121 cm³/mol. The van der Waals surface area contributed by atoms with Crippen molar-refractivity contribution in [2.24, 2.45) is 0 Å². The summed E-state index contributed by atoms with van der Waals surface area (Å²) >= 11 is 0. The van der Waals surface area contributed by atoms with Crippen molar-refractivity contribution in [3.63, 3.8) is 0 Å². The van der Waals surface area contributed by atoms with E-state index >= 15 is 0 Å². The summed E-state index contributed by atoms with van der Waals surface area (Å²) in [6.45, 7) is 6.31. The zero-order valence-electron chi connectivity index (χ0n) is 17.3. The molecule has 3 heteroatoms. The molecule has 1 saturated heterocycles. The first-order valence-electron chi connectivity index (χ1n) is 9.97. The maximum absolute atomic E-state index is 2.52. The van der Waals surface area contributed by atoms with E-state index in [9.17, 15) is 0 Å². The van der Waals surface area contributed by atoms with Gasteiger partial charge in [0.15, 0.2) is 0 Å². The quantitative estimate of drug-likeness (QED) is 0.608. The van der Waals surface area contributed by atoms with E-state index in [1.54, 1.807) is 0 Å². The molecule has 0 atom stereocenters. The number of hydrogen-bond donors (Lipinski definition) is 0. The summed E-state index contributed by atoms with van der Waals surface area (Å²) in [6.07, 6.45) is 0.196. The Morgan fingerprint density at radius 3 is 1.46 bits per heavy atom. The summed E-state index contributed by atoms with van der Waals surface area (Å²) in [6, 6.07) is 26.8. The van der Waals surface area contributed by atoms with Gasteiger partial charge in [-0.05, 0) is 55.8 Å². The van der Waals surface area contributed by atoms with Crippen molar-refractivity contribution in [3.05, 3.63) is 89.5 Å². The highest BCUT2D eigenvalue weighted by Crippen LogP contribution is 2.38. The van der Waals surface area contributed by atoms with Crippen molar-refractivity contribution in [1.29, 1.82) is 0 Å². The summed E-state index contributed by atoms with van der Waals surface area (Å²) in [5.74, 6) is 0. The van der Waals surface area contributed by atoms with Gasteiger partial charge in [-0.2, -0.15) is 0 Å². The molecular formula is C25H29N3. The SMILES string of the molecule is Cc1ccc(N2CCN(c3ccc(C)cc3)C2c2ccc(N(C)C)cc2)cc1. The first kappa shape index (κ1) is 18.4. The van der Waals surface area contributed by atoms with Gasteiger partial charge >= 0.3 is 0 Å². The van der Waals surface area contributed by atoms with Gasteiger partial charge in [-0.25, -0.2) is 0 Å². The number of rotatable bonds is 4. The molecule has 1 heterocycles. The Balaban J connectivity index is 1.74. The van der Waals surface area contributed by atoms with Crippen LogP contribution < -0.4 is 14.7 Å². The van der Waals surface area contributed by atoms with Crippen LogP contribution in [0.4, 0.5) is 17.1 Å². The second-order valence-electron chi connectivity index (χ2n) is 7.92. The van der Waals surface area contributed by atoms with E-state index in [1.165, 1.54) is 33.8 Å². The Morgan fingerprint density at radius 2 is 1.07 bits per heavy atom. The summed E-state index contributed by atoms with van der Waals surface area (Å²) in [5.41, 5.74) is 7.70. The first-order valence-corrected chi connectivity index (χ1v) is 9.97. The smallest absolute Gasteiger partial charge is 0.128 e. The first-order chi connectivity index (χ1) is 13.5. The van der Waals surface area contributed by atoms with Gasteiger partial charge in [-0.3, -0.25) is 0 Å². The van der Waals surface area contributed by atoms with Crippen LogP contribution in [-0.2, 0) is 0 Å². The molecule has 0 bridgehead atoms. The molecule has 0 saturated carbocycles. The normalized spacial score (nSPS) is 14.6. The van der Waals surface area contributed by atoms with E-state index in [0.717, 1.165) is 13.1 Å². The van der Waals surface area contributed by atoms with Crippen LogP contribution in [0, 0.1) is 13.8 Å². The molecule has 0 radical (unpaired) electrons. The van der Waals surface area contributed by atoms with Gasteiger partial charge in [0.2, 0.25) is 0 Å². The number of benzene rings is 3. The van der Waals surface area contributed by atoms with Crippen molar-refractivity contribution in [2.45, 2.75) is 20.0 Å². The van der Waals surface area contributed by atoms with Crippen LogP contribution in [0.3, 0.4) is 0 Å². The van der Waals surface area contributed by atoms with Crippen molar-refractivity contribution in [1.82, 2.24) is 0 Å². The lowest BCUT2D eigenvalue weighted by Crippen LogP contribution is -2.31. The molecule has 0 unspecified atom stereocenters. The third-order valence-corrected chi connectivity index (χ3v) is 5.61. The molecule has 144 valence electrons. The maximum atomic E-state index is 2.52. The standard InChI is InChI=1S/C25H29N3/c1-19-5-11-23(12-6-19)27-17-18-28(24-13-7-20(2)8-14-24)25(27)21-9-15-22(16-10-21)26(3)4/h5-16,25H,17-18H2,1-4H3. The third kappa shape index (κ3) is 3.57. The van der Waals surface area contributed by atoms with Crippen LogP contribution in [0.1, 0.15) is 22.9 Å². The predicted octanol–water partition coefficient (Wildman–Crippen LogP) is 5.39. The molecule has 1 aliphatic heterocycles. The number of hydrogen-bond acceptors (Lipinski definition) is 3.